The molecule has 2 atom stereocenters. The molecule has 0 aromatic heterocycles. The number of benzene rings is 2. The minimum Gasteiger partial charge on any atom is -0.463 e. The molecule has 0 saturated carbocycles. The third-order valence-corrected chi connectivity index (χ3v) is 6.19. The van der Waals surface area contributed by atoms with E-state index >= 15 is 0 Å². The third-order valence-electron chi connectivity index (χ3n) is 6.19. The molecule has 2 N–H and O–H groups in total. The van der Waals surface area contributed by atoms with E-state index in [0.29, 0.717) is 26.0 Å². The van der Waals surface area contributed by atoms with Gasteiger partial charge < -0.3 is 24.8 Å². The summed E-state index contributed by atoms with van der Waals surface area (Å²) in [5, 5.41) is 12.4. The molecule has 0 aliphatic rings. The summed E-state index contributed by atoms with van der Waals surface area (Å²) in [4.78, 5) is 40.2. The van der Waals surface area contributed by atoms with E-state index in [0.717, 1.165) is 11.1 Å². The molecule has 216 valence electrons. The third kappa shape index (κ3) is 12.9. The summed E-state index contributed by atoms with van der Waals surface area (Å²) in [5.41, 5.74) is 1.91. The molecule has 2 amide bonds. The Labute approximate surface area is 237 Å². The van der Waals surface area contributed by atoms with Crippen LogP contribution < -0.4 is 5.32 Å². The molecular formula is C32H42N2O6. The van der Waals surface area contributed by atoms with Crippen molar-refractivity contribution >= 4 is 17.8 Å². The van der Waals surface area contributed by atoms with Gasteiger partial charge in [0.05, 0.1) is 31.8 Å². The Morgan fingerprint density at radius 2 is 1.62 bits per heavy atom. The van der Waals surface area contributed by atoms with E-state index in [2.05, 4.69) is 18.5 Å². The van der Waals surface area contributed by atoms with Crippen molar-refractivity contribution in [2.45, 2.75) is 51.3 Å². The first kappa shape index (κ1) is 32.5. The predicted molar refractivity (Wildman–Crippen MR) is 155 cm³/mol. The standard InChI is InChI=1S/C32H42N2O6/c1-3-5-8-18-31(37)40-25-29(24-39-23-27-16-11-7-12-17-27)33-32(38)28(13-4-2)21-30(36)34(19-20-35)22-26-14-9-6-10-15-26/h3-4,6-7,9-12,14-17,28-29,35H,1-2,5,8,13,18-25H2,(H,33,38)/t28-,29+/m1/s1. The predicted octanol–water partition coefficient (Wildman–Crippen LogP) is 4.19. The molecule has 0 heterocycles. The lowest BCUT2D eigenvalue weighted by Crippen LogP contribution is -2.46. The number of nitrogens with one attached hydrogen (secondary N) is 1. The fourth-order valence-corrected chi connectivity index (χ4v) is 4.04. The van der Waals surface area contributed by atoms with Gasteiger partial charge in [-0.15, -0.1) is 13.2 Å². The van der Waals surface area contributed by atoms with Gasteiger partial charge in [-0.3, -0.25) is 14.4 Å². The number of carbonyl (C=O) groups is 3. The lowest BCUT2D eigenvalue weighted by Gasteiger charge is -2.26. The molecule has 0 aliphatic carbocycles. The van der Waals surface area contributed by atoms with Crippen LogP contribution in [0.15, 0.2) is 86.0 Å². The highest BCUT2D eigenvalue weighted by atomic mass is 16.5. The van der Waals surface area contributed by atoms with Gasteiger partial charge in [0.1, 0.15) is 6.61 Å². The van der Waals surface area contributed by atoms with Gasteiger partial charge in [0, 0.05) is 25.9 Å². The summed E-state index contributed by atoms with van der Waals surface area (Å²) in [5.74, 6) is -1.64. The molecule has 2 rings (SSSR count). The van der Waals surface area contributed by atoms with Gasteiger partial charge in [0.2, 0.25) is 11.8 Å². The highest BCUT2D eigenvalue weighted by molar-refractivity contribution is 5.86. The number of ether oxygens (including phenoxy) is 2. The van der Waals surface area contributed by atoms with Crippen molar-refractivity contribution < 1.29 is 29.0 Å². The topological polar surface area (TPSA) is 105 Å². The number of hydrogen-bond donors (Lipinski definition) is 2. The van der Waals surface area contributed by atoms with Gasteiger partial charge in [-0.05, 0) is 30.4 Å². The second kappa shape index (κ2) is 19.3. The molecule has 0 saturated heterocycles. The van der Waals surface area contributed by atoms with E-state index in [1.807, 2.05) is 60.7 Å². The van der Waals surface area contributed by atoms with Crippen LogP contribution in [0.3, 0.4) is 0 Å². The molecule has 0 radical (unpaired) electrons. The Kier molecular flexibility index (Phi) is 15.7. The minimum absolute atomic E-state index is 0.0488. The average Bonchev–Trinajstić information content (AvgIpc) is 2.96. The Balaban J connectivity index is 2.03. The van der Waals surface area contributed by atoms with Crippen LogP contribution in [0, 0.1) is 5.92 Å². The van der Waals surface area contributed by atoms with Crippen LogP contribution in [0.1, 0.15) is 43.2 Å². The SMILES string of the molecule is C=CCCCC(=O)OC[C@H](COCc1ccccc1)NC(=O)[C@H](CC=C)CC(=O)N(CCO)Cc1ccccc1. The number of nitrogens with zero attached hydrogens (tertiary/aromatic N) is 1. The number of rotatable bonds is 20. The molecule has 2 aromatic carbocycles. The van der Waals surface area contributed by atoms with Crippen molar-refractivity contribution in [3.8, 4) is 0 Å². The van der Waals surface area contributed by atoms with E-state index in [-0.39, 0.29) is 63.4 Å². The van der Waals surface area contributed by atoms with Crippen molar-refractivity contribution in [2.24, 2.45) is 5.92 Å². The summed E-state index contributed by atoms with van der Waals surface area (Å²) in [6.07, 6.45) is 5.19. The molecule has 0 aliphatic heterocycles. The second-order valence-corrected chi connectivity index (χ2v) is 9.52. The monoisotopic (exact) mass is 550 g/mol. The molecule has 40 heavy (non-hydrogen) atoms. The van der Waals surface area contributed by atoms with Gasteiger partial charge in [-0.1, -0.05) is 72.8 Å². The Morgan fingerprint density at radius 1 is 0.950 bits per heavy atom. The first-order chi connectivity index (χ1) is 19.5. The molecular weight excluding hydrogens is 508 g/mol. The lowest BCUT2D eigenvalue weighted by atomic mass is 9.98. The Morgan fingerprint density at radius 3 is 2.25 bits per heavy atom. The van der Waals surface area contributed by atoms with Crippen LogP contribution in [0.2, 0.25) is 0 Å². The maximum Gasteiger partial charge on any atom is 0.305 e. The molecule has 0 fully saturated rings. The van der Waals surface area contributed by atoms with Gasteiger partial charge in [-0.25, -0.2) is 0 Å². The maximum atomic E-state index is 13.3. The largest absolute Gasteiger partial charge is 0.463 e. The smallest absolute Gasteiger partial charge is 0.305 e. The molecule has 0 bridgehead atoms. The minimum atomic E-state index is -0.679. The summed E-state index contributed by atoms with van der Waals surface area (Å²) >= 11 is 0. The number of hydrogen-bond acceptors (Lipinski definition) is 6. The van der Waals surface area contributed by atoms with Crippen molar-refractivity contribution in [3.63, 3.8) is 0 Å². The van der Waals surface area contributed by atoms with E-state index in [1.165, 1.54) is 0 Å². The maximum absolute atomic E-state index is 13.3. The highest BCUT2D eigenvalue weighted by Crippen LogP contribution is 2.15. The van der Waals surface area contributed by atoms with Gasteiger partial charge in [0.15, 0.2) is 0 Å². The second-order valence-electron chi connectivity index (χ2n) is 9.52. The number of amides is 2. The number of aliphatic hydroxyl groups excluding tert-OH is 1. The summed E-state index contributed by atoms with van der Waals surface area (Å²) in [6.45, 7) is 8.13. The fraction of sp³-hybridized carbons (Fsp3) is 0.406. The number of aliphatic hydroxyl groups is 1. The van der Waals surface area contributed by atoms with Crippen LogP contribution in [0.4, 0.5) is 0 Å². The molecule has 8 heteroatoms. The Bertz CT molecular complexity index is 1040. The normalized spacial score (nSPS) is 12.1. The highest BCUT2D eigenvalue weighted by Gasteiger charge is 2.26. The molecule has 8 nitrogen and oxygen atoms in total. The first-order valence-corrected chi connectivity index (χ1v) is 13.7. The van der Waals surface area contributed by atoms with Crippen LogP contribution in [-0.4, -0.2) is 60.2 Å². The first-order valence-electron chi connectivity index (χ1n) is 13.7. The fourth-order valence-electron chi connectivity index (χ4n) is 4.04. The quantitative estimate of drug-likeness (QED) is 0.146. The zero-order valence-corrected chi connectivity index (χ0v) is 23.2. The average molecular weight is 551 g/mol. The zero-order chi connectivity index (χ0) is 29.0. The molecule has 0 unspecified atom stereocenters. The van der Waals surface area contributed by atoms with Crippen molar-refractivity contribution in [2.75, 3.05) is 26.4 Å². The molecule has 0 spiro atoms. The Hall–Kier alpha value is -3.75. The van der Waals surface area contributed by atoms with Crippen molar-refractivity contribution in [3.05, 3.63) is 97.1 Å². The number of unbranched alkanes of at least 4 members (excludes halogenated alkanes) is 1. The lowest BCUT2D eigenvalue weighted by molar-refractivity contribution is -0.146. The number of allylic oxidation sites excluding steroid dienone is 2. The summed E-state index contributed by atoms with van der Waals surface area (Å²) < 4.78 is 11.2. The van der Waals surface area contributed by atoms with Gasteiger partial charge >= 0.3 is 5.97 Å². The van der Waals surface area contributed by atoms with Crippen LogP contribution in [-0.2, 0) is 37.0 Å². The summed E-state index contributed by atoms with van der Waals surface area (Å²) in [6, 6.07) is 18.5. The van der Waals surface area contributed by atoms with Crippen LogP contribution in [0.25, 0.3) is 0 Å². The molecule has 2 aromatic rings. The van der Waals surface area contributed by atoms with Crippen LogP contribution in [0.5, 0.6) is 0 Å². The zero-order valence-electron chi connectivity index (χ0n) is 23.2. The van der Waals surface area contributed by atoms with Crippen LogP contribution >= 0.6 is 0 Å². The number of esters is 1. The van der Waals surface area contributed by atoms with Gasteiger partial charge in [0.25, 0.3) is 0 Å². The van der Waals surface area contributed by atoms with E-state index in [1.54, 1.807) is 17.1 Å². The van der Waals surface area contributed by atoms with Crippen molar-refractivity contribution in [1.82, 2.24) is 10.2 Å². The van der Waals surface area contributed by atoms with E-state index in [4.69, 9.17) is 9.47 Å². The summed E-state index contributed by atoms with van der Waals surface area (Å²) in [7, 11) is 0. The number of carbonyl (C=O) groups excluding carboxylic acids is 3. The van der Waals surface area contributed by atoms with Crippen molar-refractivity contribution in [1.29, 1.82) is 0 Å². The van der Waals surface area contributed by atoms with Gasteiger partial charge in [-0.2, -0.15) is 0 Å². The van der Waals surface area contributed by atoms with E-state index < -0.39 is 12.0 Å². The van der Waals surface area contributed by atoms with E-state index in [9.17, 15) is 19.5 Å².